The Bertz CT molecular complexity index is 900. The summed E-state index contributed by atoms with van der Waals surface area (Å²) in [6.45, 7) is 0. The van der Waals surface area contributed by atoms with Crippen LogP contribution in [0.15, 0.2) is 47.5 Å². The highest BCUT2D eigenvalue weighted by atomic mass is 16.6. The molecule has 9 heteroatoms. The molecule has 0 spiro atoms. The minimum Gasteiger partial charge on any atom is -0.464 e. The van der Waals surface area contributed by atoms with Crippen LogP contribution in [0, 0.1) is 21.4 Å². The monoisotopic (exact) mass is 353 g/mol. The van der Waals surface area contributed by atoms with Gasteiger partial charge in [-0.25, -0.2) is 14.7 Å². The second-order valence-electron chi connectivity index (χ2n) is 5.41. The molecule has 0 aliphatic carbocycles. The number of carbonyl (C=O) groups is 1. The predicted molar refractivity (Wildman–Crippen MR) is 96.3 cm³/mol. The molecular formula is C17H15N5O4. The van der Waals surface area contributed by atoms with Crippen LogP contribution < -0.4 is 4.90 Å². The number of hydrogen-bond donors (Lipinski definition) is 1. The number of nitro benzene ring substituents is 1. The average molecular weight is 353 g/mol. The van der Waals surface area contributed by atoms with E-state index in [9.17, 15) is 25.3 Å². The standard InChI is InChI=1S/C17H15N5O4/c1-20(2)11-19-16-8-7-15(9-12(16)10-18)21(17(23)24)13-3-5-14(6-4-13)22(25)26/h3-9,11H,1-2H3,(H,23,24)/b19-11+. The average Bonchev–Trinajstić information content (AvgIpc) is 2.60. The molecule has 0 saturated heterocycles. The first-order valence-electron chi connectivity index (χ1n) is 7.35. The SMILES string of the molecule is CN(C)/C=N/c1ccc(N(C(=O)O)c2ccc([N+](=O)[O-])cc2)cc1C#N. The molecule has 1 amide bonds. The fourth-order valence-electron chi connectivity index (χ4n) is 2.14. The van der Waals surface area contributed by atoms with Crippen LogP contribution in [-0.4, -0.2) is 41.5 Å². The first-order valence-corrected chi connectivity index (χ1v) is 7.35. The molecule has 2 aromatic rings. The van der Waals surface area contributed by atoms with Gasteiger partial charge in [0.2, 0.25) is 0 Å². The van der Waals surface area contributed by atoms with Crippen LogP contribution in [0.3, 0.4) is 0 Å². The van der Waals surface area contributed by atoms with Crippen molar-refractivity contribution in [2.75, 3.05) is 19.0 Å². The van der Waals surface area contributed by atoms with Crippen molar-refractivity contribution in [2.24, 2.45) is 4.99 Å². The van der Waals surface area contributed by atoms with Crippen molar-refractivity contribution in [3.05, 3.63) is 58.1 Å². The van der Waals surface area contributed by atoms with Crippen molar-refractivity contribution in [1.29, 1.82) is 5.26 Å². The maximum absolute atomic E-state index is 11.7. The lowest BCUT2D eigenvalue weighted by molar-refractivity contribution is -0.384. The van der Waals surface area contributed by atoms with E-state index in [1.54, 1.807) is 19.0 Å². The summed E-state index contributed by atoms with van der Waals surface area (Å²) in [7, 11) is 3.56. The number of hydrogen-bond acceptors (Lipinski definition) is 5. The fraction of sp³-hybridized carbons (Fsp3) is 0.118. The second-order valence-corrected chi connectivity index (χ2v) is 5.41. The normalized spacial score (nSPS) is 10.3. The van der Waals surface area contributed by atoms with E-state index in [1.807, 2.05) is 6.07 Å². The zero-order valence-corrected chi connectivity index (χ0v) is 14.0. The van der Waals surface area contributed by atoms with Gasteiger partial charge < -0.3 is 10.0 Å². The number of aliphatic imine (C=N–C) groups is 1. The molecule has 0 fully saturated rings. The minimum atomic E-state index is -1.28. The molecule has 2 aromatic carbocycles. The van der Waals surface area contributed by atoms with Gasteiger partial charge in [0.05, 0.1) is 33.9 Å². The molecule has 0 bridgehead atoms. The van der Waals surface area contributed by atoms with E-state index in [1.165, 1.54) is 48.8 Å². The highest BCUT2D eigenvalue weighted by Crippen LogP contribution is 2.31. The fourth-order valence-corrected chi connectivity index (χ4v) is 2.14. The summed E-state index contributed by atoms with van der Waals surface area (Å²) in [4.78, 5) is 28.7. The Hall–Kier alpha value is -3.93. The van der Waals surface area contributed by atoms with Crippen LogP contribution in [0.5, 0.6) is 0 Å². The topological polar surface area (TPSA) is 123 Å². The number of rotatable bonds is 5. The Morgan fingerprint density at radius 1 is 1.23 bits per heavy atom. The molecule has 0 atom stereocenters. The lowest BCUT2D eigenvalue weighted by Gasteiger charge is -2.19. The lowest BCUT2D eigenvalue weighted by Crippen LogP contribution is -2.23. The van der Waals surface area contributed by atoms with Crippen LogP contribution in [0.2, 0.25) is 0 Å². The largest absolute Gasteiger partial charge is 0.464 e. The maximum Gasteiger partial charge on any atom is 0.416 e. The highest BCUT2D eigenvalue weighted by molar-refractivity contribution is 5.95. The summed E-state index contributed by atoms with van der Waals surface area (Å²) in [5.74, 6) is 0. The van der Waals surface area contributed by atoms with E-state index < -0.39 is 11.0 Å². The van der Waals surface area contributed by atoms with E-state index >= 15 is 0 Å². The van der Waals surface area contributed by atoms with Crippen molar-refractivity contribution in [2.45, 2.75) is 0 Å². The van der Waals surface area contributed by atoms with E-state index in [2.05, 4.69) is 4.99 Å². The Morgan fingerprint density at radius 2 is 1.85 bits per heavy atom. The number of nitro groups is 1. The van der Waals surface area contributed by atoms with Gasteiger partial charge in [-0.2, -0.15) is 5.26 Å². The number of amides is 1. The van der Waals surface area contributed by atoms with Gasteiger partial charge in [0, 0.05) is 26.2 Å². The molecule has 0 heterocycles. The molecule has 0 saturated carbocycles. The Labute approximate surface area is 149 Å². The van der Waals surface area contributed by atoms with Gasteiger partial charge in [-0.15, -0.1) is 0 Å². The number of non-ortho nitro benzene ring substituents is 1. The molecule has 0 aliphatic rings. The maximum atomic E-state index is 11.7. The number of carboxylic acid groups (broad SMARTS) is 1. The summed E-state index contributed by atoms with van der Waals surface area (Å²) in [6, 6.07) is 11.5. The number of nitrogens with zero attached hydrogens (tertiary/aromatic N) is 5. The smallest absolute Gasteiger partial charge is 0.416 e. The quantitative estimate of drug-likeness (QED) is 0.380. The summed E-state index contributed by atoms with van der Waals surface area (Å²) < 4.78 is 0. The zero-order valence-electron chi connectivity index (χ0n) is 14.0. The van der Waals surface area contributed by atoms with Gasteiger partial charge >= 0.3 is 6.09 Å². The molecule has 132 valence electrons. The van der Waals surface area contributed by atoms with Crippen LogP contribution in [0.25, 0.3) is 0 Å². The molecule has 9 nitrogen and oxygen atoms in total. The van der Waals surface area contributed by atoms with Crippen molar-refractivity contribution in [3.63, 3.8) is 0 Å². The third-order valence-corrected chi connectivity index (χ3v) is 3.30. The Balaban J connectivity index is 2.46. The summed E-state index contributed by atoms with van der Waals surface area (Å²) in [5.41, 5.74) is 0.904. The van der Waals surface area contributed by atoms with Crippen LogP contribution in [0.4, 0.5) is 27.5 Å². The molecule has 2 rings (SSSR count). The first kappa shape index (κ1) is 18.4. The molecule has 0 radical (unpaired) electrons. The Morgan fingerprint density at radius 3 is 2.35 bits per heavy atom. The van der Waals surface area contributed by atoms with E-state index in [4.69, 9.17) is 0 Å². The van der Waals surface area contributed by atoms with E-state index in [0.717, 1.165) is 4.90 Å². The van der Waals surface area contributed by atoms with Crippen LogP contribution >= 0.6 is 0 Å². The zero-order chi connectivity index (χ0) is 19.3. The Kier molecular flexibility index (Phi) is 5.49. The molecule has 1 N–H and O–H groups in total. The van der Waals surface area contributed by atoms with Crippen molar-refractivity contribution < 1.29 is 14.8 Å². The number of anilines is 2. The van der Waals surface area contributed by atoms with Crippen molar-refractivity contribution in [3.8, 4) is 6.07 Å². The van der Waals surface area contributed by atoms with Crippen LogP contribution in [-0.2, 0) is 0 Å². The molecule has 26 heavy (non-hydrogen) atoms. The van der Waals surface area contributed by atoms with E-state index in [-0.39, 0.29) is 22.6 Å². The third kappa shape index (κ3) is 4.12. The molecule has 0 aromatic heterocycles. The second kappa shape index (κ2) is 7.76. The minimum absolute atomic E-state index is 0.148. The van der Waals surface area contributed by atoms with Crippen molar-refractivity contribution in [1.82, 2.24) is 4.90 Å². The van der Waals surface area contributed by atoms with Gasteiger partial charge in [-0.3, -0.25) is 10.1 Å². The third-order valence-electron chi connectivity index (χ3n) is 3.30. The first-order chi connectivity index (χ1) is 12.3. The number of nitriles is 1. The van der Waals surface area contributed by atoms with Crippen LogP contribution in [0.1, 0.15) is 5.56 Å². The summed E-state index contributed by atoms with van der Waals surface area (Å²) >= 11 is 0. The van der Waals surface area contributed by atoms with Crippen molar-refractivity contribution >= 4 is 35.2 Å². The van der Waals surface area contributed by atoms with Gasteiger partial charge in [0.1, 0.15) is 6.07 Å². The summed E-state index contributed by atoms with van der Waals surface area (Å²) in [6.07, 6.45) is 0.244. The van der Waals surface area contributed by atoms with E-state index in [0.29, 0.717) is 5.69 Å². The van der Waals surface area contributed by atoms with Gasteiger partial charge in [-0.05, 0) is 30.3 Å². The number of benzene rings is 2. The molecule has 0 aliphatic heterocycles. The lowest BCUT2D eigenvalue weighted by atomic mass is 10.1. The van der Waals surface area contributed by atoms with Gasteiger partial charge in [0.15, 0.2) is 0 Å². The molecule has 0 unspecified atom stereocenters. The molecular weight excluding hydrogens is 338 g/mol. The van der Waals surface area contributed by atoms with Gasteiger partial charge in [0.25, 0.3) is 5.69 Å². The summed E-state index contributed by atoms with van der Waals surface area (Å²) in [5, 5.41) is 29.6. The highest BCUT2D eigenvalue weighted by Gasteiger charge is 2.19. The van der Waals surface area contributed by atoms with Gasteiger partial charge in [-0.1, -0.05) is 0 Å². The predicted octanol–water partition coefficient (Wildman–Crippen LogP) is 3.50.